The van der Waals surface area contributed by atoms with E-state index in [1.165, 1.54) is 27.5 Å². The first-order valence-corrected chi connectivity index (χ1v) is 10.5. The maximum Gasteiger partial charge on any atom is 0.262 e. The van der Waals surface area contributed by atoms with E-state index >= 15 is 0 Å². The molecule has 1 unspecified atom stereocenters. The fraction of sp³-hybridized carbons (Fsp3) is 0.263. The summed E-state index contributed by atoms with van der Waals surface area (Å²) >= 11 is 2.86. The summed E-state index contributed by atoms with van der Waals surface area (Å²) in [6, 6.07) is 8.97. The Morgan fingerprint density at radius 1 is 1.22 bits per heavy atom. The van der Waals surface area contributed by atoms with Gasteiger partial charge in [0, 0.05) is 29.4 Å². The van der Waals surface area contributed by atoms with Gasteiger partial charge in [-0.25, -0.2) is 9.97 Å². The maximum atomic E-state index is 13.0. The van der Waals surface area contributed by atoms with Crippen molar-refractivity contribution in [2.45, 2.75) is 37.2 Å². The van der Waals surface area contributed by atoms with E-state index in [-0.39, 0.29) is 17.2 Å². The molecular weight excluding hydrogens is 380 g/mol. The van der Waals surface area contributed by atoms with E-state index in [1.54, 1.807) is 16.8 Å². The van der Waals surface area contributed by atoms with E-state index in [1.807, 2.05) is 43.5 Å². The van der Waals surface area contributed by atoms with Crippen LogP contribution in [0.1, 0.15) is 32.0 Å². The van der Waals surface area contributed by atoms with Crippen LogP contribution in [-0.4, -0.2) is 18.9 Å². The summed E-state index contributed by atoms with van der Waals surface area (Å²) in [4.78, 5) is 35.1. The van der Waals surface area contributed by atoms with E-state index < -0.39 is 0 Å². The number of thioether (sulfide) groups is 1. The number of aromatic nitrogens is 4. The molecular formula is C19H18N4O2S2. The van der Waals surface area contributed by atoms with Crippen LogP contribution in [0, 0.1) is 0 Å². The zero-order valence-electron chi connectivity index (χ0n) is 15.0. The van der Waals surface area contributed by atoms with Gasteiger partial charge in [-0.05, 0) is 25.5 Å². The van der Waals surface area contributed by atoms with Crippen LogP contribution in [-0.2, 0) is 5.75 Å². The van der Waals surface area contributed by atoms with Crippen LogP contribution in [0.3, 0.4) is 0 Å². The molecule has 1 atom stereocenters. The lowest BCUT2D eigenvalue weighted by Crippen LogP contribution is -2.26. The van der Waals surface area contributed by atoms with Crippen molar-refractivity contribution in [3.8, 4) is 0 Å². The second-order valence-electron chi connectivity index (χ2n) is 6.27. The Hall–Kier alpha value is -2.45. The highest BCUT2D eigenvalue weighted by Crippen LogP contribution is 2.25. The van der Waals surface area contributed by atoms with Crippen molar-refractivity contribution in [3.63, 3.8) is 0 Å². The average molecular weight is 399 g/mol. The van der Waals surface area contributed by atoms with Crippen molar-refractivity contribution in [2.24, 2.45) is 0 Å². The molecule has 4 rings (SSSR count). The first-order chi connectivity index (χ1) is 13.1. The molecule has 0 radical (unpaired) electrons. The van der Waals surface area contributed by atoms with Gasteiger partial charge in [-0.3, -0.25) is 18.6 Å². The number of hydrogen-bond acceptors (Lipinski definition) is 6. The second-order valence-corrected chi connectivity index (χ2v) is 8.09. The van der Waals surface area contributed by atoms with E-state index in [4.69, 9.17) is 4.98 Å². The lowest BCUT2D eigenvalue weighted by molar-refractivity contribution is 0.468. The van der Waals surface area contributed by atoms with Gasteiger partial charge in [0.05, 0.1) is 16.6 Å². The minimum atomic E-state index is -0.0948. The van der Waals surface area contributed by atoms with Crippen LogP contribution in [0.15, 0.2) is 56.7 Å². The number of thiazole rings is 1. The predicted molar refractivity (Wildman–Crippen MR) is 110 cm³/mol. The van der Waals surface area contributed by atoms with Gasteiger partial charge >= 0.3 is 0 Å². The van der Waals surface area contributed by atoms with Crippen LogP contribution in [0.25, 0.3) is 15.9 Å². The number of nitrogens with zero attached hydrogens (tertiary/aromatic N) is 4. The lowest BCUT2D eigenvalue weighted by Gasteiger charge is -2.18. The molecule has 3 aromatic heterocycles. The number of fused-ring (bicyclic) bond motifs is 2. The van der Waals surface area contributed by atoms with Gasteiger partial charge in [0.2, 0.25) is 0 Å². The summed E-state index contributed by atoms with van der Waals surface area (Å²) in [6.07, 6.45) is 2.55. The summed E-state index contributed by atoms with van der Waals surface area (Å²) in [5.74, 6) is 0.477. The van der Waals surface area contributed by atoms with Crippen molar-refractivity contribution >= 4 is 39.0 Å². The second kappa shape index (κ2) is 7.28. The van der Waals surface area contributed by atoms with Crippen molar-refractivity contribution in [3.05, 3.63) is 68.3 Å². The molecule has 1 aromatic carbocycles. The van der Waals surface area contributed by atoms with Gasteiger partial charge in [-0.1, -0.05) is 30.8 Å². The average Bonchev–Trinajstić information content (AvgIpc) is 3.15. The molecule has 0 aliphatic rings. The van der Waals surface area contributed by atoms with Crippen molar-refractivity contribution in [2.75, 3.05) is 0 Å². The van der Waals surface area contributed by atoms with Gasteiger partial charge < -0.3 is 0 Å². The monoisotopic (exact) mass is 398 g/mol. The summed E-state index contributed by atoms with van der Waals surface area (Å²) < 4.78 is 3.28. The molecule has 8 heteroatoms. The topological polar surface area (TPSA) is 69.3 Å². The van der Waals surface area contributed by atoms with Crippen LogP contribution < -0.4 is 11.1 Å². The van der Waals surface area contributed by atoms with Gasteiger partial charge in [-0.15, -0.1) is 11.3 Å². The Labute approximate surface area is 163 Å². The molecule has 27 heavy (non-hydrogen) atoms. The number of rotatable bonds is 5. The number of hydrogen-bond donors (Lipinski definition) is 0. The van der Waals surface area contributed by atoms with Crippen LogP contribution in [0.2, 0.25) is 0 Å². The Kier molecular flexibility index (Phi) is 4.84. The minimum absolute atomic E-state index is 0.0285. The molecule has 0 fully saturated rings. The standard InChI is InChI=1S/C19H18N4O2S2/c1-3-12(2)23-17(25)14-6-4-5-7-15(14)21-19(23)27-11-13-10-16(24)22-8-9-26-18(22)20-13/h4-10,12H,3,11H2,1-2H3. The third-order valence-electron chi connectivity index (χ3n) is 4.51. The normalized spacial score (nSPS) is 12.7. The Morgan fingerprint density at radius 2 is 2.04 bits per heavy atom. The molecule has 0 saturated heterocycles. The number of benzene rings is 1. The third-order valence-corrected chi connectivity index (χ3v) is 6.26. The van der Waals surface area contributed by atoms with Gasteiger partial charge in [0.1, 0.15) is 0 Å². The summed E-state index contributed by atoms with van der Waals surface area (Å²) in [5.41, 5.74) is 1.25. The SMILES string of the molecule is CCC(C)n1c(SCc2cc(=O)n3ccsc3n2)nc2ccccc2c1=O. The number of para-hydroxylation sites is 1. The van der Waals surface area contributed by atoms with E-state index in [0.717, 1.165) is 6.42 Å². The molecule has 0 spiro atoms. The largest absolute Gasteiger partial charge is 0.284 e. The quantitative estimate of drug-likeness (QED) is 0.378. The Morgan fingerprint density at radius 3 is 2.85 bits per heavy atom. The first kappa shape index (κ1) is 17.9. The first-order valence-electron chi connectivity index (χ1n) is 8.68. The van der Waals surface area contributed by atoms with Crippen molar-refractivity contribution in [1.82, 2.24) is 18.9 Å². The molecule has 0 aliphatic carbocycles. The molecule has 6 nitrogen and oxygen atoms in total. The predicted octanol–water partition coefficient (Wildman–Crippen LogP) is 3.73. The Bertz CT molecular complexity index is 1240. The summed E-state index contributed by atoms with van der Waals surface area (Å²) in [6.45, 7) is 4.07. The van der Waals surface area contributed by atoms with Crippen molar-refractivity contribution in [1.29, 1.82) is 0 Å². The molecule has 4 aromatic rings. The van der Waals surface area contributed by atoms with Gasteiger partial charge in [0.25, 0.3) is 11.1 Å². The highest BCUT2D eigenvalue weighted by atomic mass is 32.2. The molecule has 0 amide bonds. The molecule has 0 aliphatic heterocycles. The third kappa shape index (κ3) is 3.30. The highest BCUT2D eigenvalue weighted by Gasteiger charge is 2.16. The molecule has 0 bridgehead atoms. The smallest absolute Gasteiger partial charge is 0.262 e. The zero-order valence-corrected chi connectivity index (χ0v) is 16.6. The van der Waals surface area contributed by atoms with Crippen LogP contribution in [0.5, 0.6) is 0 Å². The van der Waals surface area contributed by atoms with Gasteiger partial charge in [0.15, 0.2) is 10.1 Å². The Balaban J connectivity index is 1.75. The fourth-order valence-corrected chi connectivity index (χ4v) is 4.63. The van der Waals surface area contributed by atoms with Crippen molar-refractivity contribution < 1.29 is 0 Å². The van der Waals surface area contributed by atoms with Gasteiger partial charge in [-0.2, -0.15) is 0 Å². The lowest BCUT2D eigenvalue weighted by atomic mass is 10.2. The molecule has 3 heterocycles. The van der Waals surface area contributed by atoms with E-state index in [0.29, 0.717) is 32.5 Å². The van der Waals surface area contributed by atoms with E-state index in [2.05, 4.69) is 4.98 Å². The highest BCUT2D eigenvalue weighted by molar-refractivity contribution is 7.98. The minimum Gasteiger partial charge on any atom is -0.284 e. The molecule has 0 saturated carbocycles. The van der Waals surface area contributed by atoms with E-state index in [9.17, 15) is 9.59 Å². The molecule has 138 valence electrons. The fourth-order valence-electron chi connectivity index (χ4n) is 2.90. The summed E-state index contributed by atoms with van der Waals surface area (Å²) in [5, 5.41) is 3.12. The molecule has 0 N–H and O–H groups in total. The summed E-state index contributed by atoms with van der Waals surface area (Å²) in [7, 11) is 0. The maximum absolute atomic E-state index is 13.0. The van der Waals surface area contributed by atoms with Crippen LogP contribution >= 0.6 is 23.1 Å². The zero-order chi connectivity index (χ0) is 19.0. The van der Waals surface area contributed by atoms with Crippen LogP contribution in [0.4, 0.5) is 0 Å².